The van der Waals surface area contributed by atoms with E-state index in [1.165, 1.54) is 49.8 Å². The van der Waals surface area contributed by atoms with Gasteiger partial charge in [0.15, 0.2) is 0 Å². The highest BCUT2D eigenvalue weighted by Crippen LogP contribution is 2.44. The van der Waals surface area contributed by atoms with Gasteiger partial charge in [-0.05, 0) is 44.1 Å². The standard InChI is InChI=1S/C15H26N2S/c1-3-9-17-14(10-13-11-16-12-18-13)15(4-2)7-5-6-8-15/h11-12,14,17H,3-10H2,1-2H3. The minimum atomic E-state index is 0.541. The van der Waals surface area contributed by atoms with Gasteiger partial charge in [0.2, 0.25) is 0 Å². The Kier molecular flexibility index (Phi) is 5.19. The van der Waals surface area contributed by atoms with Crippen LogP contribution in [0.3, 0.4) is 0 Å². The van der Waals surface area contributed by atoms with Gasteiger partial charge in [0.1, 0.15) is 0 Å². The molecule has 1 aromatic heterocycles. The minimum absolute atomic E-state index is 0.541. The molecule has 0 spiro atoms. The predicted molar refractivity (Wildman–Crippen MR) is 79.1 cm³/mol. The second-order valence-corrected chi connectivity index (χ2v) is 6.57. The maximum Gasteiger partial charge on any atom is 0.0794 e. The third-order valence-corrected chi connectivity index (χ3v) is 5.37. The molecule has 0 saturated heterocycles. The molecule has 0 bridgehead atoms. The van der Waals surface area contributed by atoms with E-state index in [-0.39, 0.29) is 0 Å². The summed E-state index contributed by atoms with van der Waals surface area (Å²) in [4.78, 5) is 5.66. The number of thiazole rings is 1. The number of aromatic nitrogens is 1. The molecule has 102 valence electrons. The summed E-state index contributed by atoms with van der Waals surface area (Å²) in [7, 11) is 0. The first kappa shape index (κ1) is 14.0. The summed E-state index contributed by atoms with van der Waals surface area (Å²) in [6.07, 6.45) is 11.4. The maximum absolute atomic E-state index is 4.22. The molecule has 1 heterocycles. The van der Waals surface area contributed by atoms with Crippen molar-refractivity contribution in [2.24, 2.45) is 5.41 Å². The van der Waals surface area contributed by atoms with Crippen molar-refractivity contribution in [3.63, 3.8) is 0 Å². The molecule has 1 saturated carbocycles. The van der Waals surface area contributed by atoms with Crippen molar-refractivity contribution in [1.82, 2.24) is 10.3 Å². The van der Waals surface area contributed by atoms with Crippen LogP contribution in [-0.2, 0) is 6.42 Å². The SMILES string of the molecule is CCCNC(Cc1cncs1)C1(CC)CCCC1. The van der Waals surface area contributed by atoms with Crippen LogP contribution in [0.2, 0.25) is 0 Å². The van der Waals surface area contributed by atoms with E-state index < -0.39 is 0 Å². The number of nitrogens with zero attached hydrogens (tertiary/aromatic N) is 1. The molecule has 1 N–H and O–H groups in total. The van der Waals surface area contributed by atoms with Gasteiger partial charge in [0.05, 0.1) is 5.51 Å². The molecule has 2 rings (SSSR count). The molecule has 1 aliphatic carbocycles. The lowest BCUT2D eigenvalue weighted by molar-refractivity contribution is 0.185. The van der Waals surface area contributed by atoms with Crippen molar-refractivity contribution in [2.45, 2.75) is 64.8 Å². The summed E-state index contributed by atoms with van der Waals surface area (Å²) in [5.41, 5.74) is 2.50. The number of hydrogen-bond acceptors (Lipinski definition) is 3. The van der Waals surface area contributed by atoms with Crippen LogP contribution in [0, 0.1) is 5.41 Å². The third-order valence-electron chi connectivity index (χ3n) is 4.57. The lowest BCUT2D eigenvalue weighted by Gasteiger charge is -2.37. The second-order valence-electron chi connectivity index (χ2n) is 5.60. The quantitative estimate of drug-likeness (QED) is 0.806. The van der Waals surface area contributed by atoms with E-state index >= 15 is 0 Å². The zero-order valence-corrected chi connectivity index (χ0v) is 12.6. The lowest BCUT2D eigenvalue weighted by Crippen LogP contribution is -2.45. The third kappa shape index (κ3) is 3.12. The number of hydrogen-bond donors (Lipinski definition) is 1. The Hall–Kier alpha value is -0.410. The van der Waals surface area contributed by atoms with Crippen molar-refractivity contribution in [3.8, 4) is 0 Å². The van der Waals surface area contributed by atoms with E-state index in [4.69, 9.17) is 0 Å². The van der Waals surface area contributed by atoms with Gasteiger partial charge in [-0.1, -0.05) is 26.7 Å². The van der Waals surface area contributed by atoms with Crippen molar-refractivity contribution in [1.29, 1.82) is 0 Å². The smallest absolute Gasteiger partial charge is 0.0794 e. The summed E-state index contributed by atoms with van der Waals surface area (Å²) in [6.45, 7) is 5.77. The highest BCUT2D eigenvalue weighted by atomic mass is 32.1. The molecule has 1 unspecified atom stereocenters. The van der Waals surface area contributed by atoms with E-state index in [1.807, 2.05) is 11.7 Å². The maximum atomic E-state index is 4.22. The molecule has 0 radical (unpaired) electrons. The second kappa shape index (κ2) is 6.67. The van der Waals surface area contributed by atoms with Gasteiger partial charge in [-0.15, -0.1) is 11.3 Å². The summed E-state index contributed by atoms with van der Waals surface area (Å²) in [6, 6.07) is 0.644. The van der Waals surface area contributed by atoms with Crippen molar-refractivity contribution < 1.29 is 0 Å². The Bertz CT molecular complexity index is 328. The van der Waals surface area contributed by atoms with Crippen LogP contribution in [0.4, 0.5) is 0 Å². The molecule has 2 nitrogen and oxygen atoms in total. The molecule has 1 aliphatic rings. The number of nitrogens with one attached hydrogen (secondary N) is 1. The summed E-state index contributed by atoms with van der Waals surface area (Å²) < 4.78 is 0. The Morgan fingerprint density at radius 1 is 1.39 bits per heavy atom. The molecule has 0 aliphatic heterocycles. The van der Waals surface area contributed by atoms with Crippen molar-refractivity contribution >= 4 is 11.3 Å². The van der Waals surface area contributed by atoms with Gasteiger partial charge in [-0.25, -0.2) is 0 Å². The molecule has 0 amide bonds. The van der Waals surface area contributed by atoms with Crippen LogP contribution in [0.1, 0.15) is 57.2 Å². The van der Waals surface area contributed by atoms with Gasteiger partial charge in [0, 0.05) is 17.1 Å². The Morgan fingerprint density at radius 3 is 2.72 bits per heavy atom. The first-order chi connectivity index (χ1) is 8.80. The van der Waals surface area contributed by atoms with Gasteiger partial charge in [0.25, 0.3) is 0 Å². The van der Waals surface area contributed by atoms with Crippen molar-refractivity contribution in [2.75, 3.05) is 6.54 Å². The highest BCUT2D eigenvalue weighted by Gasteiger charge is 2.39. The fraction of sp³-hybridized carbons (Fsp3) is 0.800. The average Bonchev–Trinajstić information content (AvgIpc) is 3.05. The number of rotatable bonds is 7. The van der Waals surface area contributed by atoms with Gasteiger partial charge < -0.3 is 5.32 Å². The first-order valence-electron chi connectivity index (χ1n) is 7.41. The Balaban J connectivity index is 2.07. The molecular formula is C15H26N2S. The van der Waals surface area contributed by atoms with Crippen molar-refractivity contribution in [3.05, 3.63) is 16.6 Å². The molecule has 1 fully saturated rings. The first-order valence-corrected chi connectivity index (χ1v) is 8.29. The van der Waals surface area contributed by atoms with Crippen LogP contribution in [0.15, 0.2) is 11.7 Å². The van der Waals surface area contributed by atoms with E-state index in [9.17, 15) is 0 Å². The molecule has 0 aromatic carbocycles. The van der Waals surface area contributed by atoms with Crippen LogP contribution in [0.25, 0.3) is 0 Å². The molecule has 3 heteroatoms. The van der Waals surface area contributed by atoms with E-state index in [0.717, 1.165) is 6.54 Å². The van der Waals surface area contributed by atoms with Crippen LogP contribution >= 0.6 is 11.3 Å². The van der Waals surface area contributed by atoms with Gasteiger partial charge in [-0.3, -0.25) is 4.98 Å². The minimum Gasteiger partial charge on any atom is -0.313 e. The monoisotopic (exact) mass is 266 g/mol. The fourth-order valence-corrected chi connectivity index (χ4v) is 4.04. The van der Waals surface area contributed by atoms with Crippen LogP contribution in [0.5, 0.6) is 0 Å². The lowest BCUT2D eigenvalue weighted by atomic mass is 9.74. The van der Waals surface area contributed by atoms with E-state index in [2.05, 4.69) is 24.1 Å². The van der Waals surface area contributed by atoms with E-state index in [1.54, 1.807) is 11.3 Å². The summed E-state index contributed by atoms with van der Waals surface area (Å²) >= 11 is 1.80. The summed E-state index contributed by atoms with van der Waals surface area (Å²) in [5, 5.41) is 3.82. The average molecular weight is 266 g/mol. The molecule has 1 aromatic rings. The van der Waals surface area contributed by atoms with Crippen LogP contribution in [-0.4, -0.2) is 17.6 Å². The molecule has 18 heavy (non-hydrogen) atoms. The zero-order valence-electron chi connectivity index (χ0n) is 11.7. The fourth-order valence-electron chi connectivity index (χ4n) is 3.40. The van der Waals surface area contributed by atoms with E-state index in [0.29, 0.717) is 11.5 Å². The Labute approximate surface area is 115 Å². The van der Waals surface area contributed by atoms with Gasteiger partial charge >= 0.3 is 0 Å². The zero-order chi connectivity index (χ0) is 12.8. The molecular weight excluding hydrogens is 240 g/mol. The highest BCUT2D eigenvalue weighted by molar-refractivity contribution is 7.09. The van der Waals surface area contributed by atoms with Crippen LogP contribution < -0.4 is 5.32 Å². The predicted octanol–water partition coefficient (Wildman–Crippen LogP) is 4.02. The summed E-state index contributed by atoms with van der Waals surface area (Å²) in [5.74, 6) is 0. The largest absolute Gasteiger partial charge is 0.313 e. The normalized spacial score (nSPS) is 20.1. The molecule has 1 atom stereocenters. The topological polar surface area (TPSA) is 24.9 Å². The van der Waals surface area contributed by atoms with Gasteiger partial charge in [-0.2, -0.15) is 0 Å². The Morgan fingerprint density at radius 2 is 2.17 bits per heavy atom.